The van der Waals surface area contributed by atoms with Crippen LogP contribution in [0.1, 0.15) is 10.4 Å². The standard InChI is InChI=1S/C10H12ClN3OS/c11-8-5-7(6-13-9(8)12)10(15)14-1-3-16-4-2-14/h5-6H,1-4H2,(H2,12,13). The van der Waals surface area contributed by atoms with Crippen molar-refractivity contribution in [3.63, 3.8) is 0 Å². The van der Waals surface area contributed by atoms with Gasteiger partial charge in [0.25, 0.3) is 5.91 Å². The van der Waals surface area contributed by atoms with E-state index in [0.29, 0.717) is 10.6 Å². The van der Waals surface area contributed by atoms with Gasteiger partial charge in [-0.1, -0.05) is 11.6 Å². The molecule has 1 fully saturated rings. The van der Waals surface area contributed by atoms with E-state index in [1.165, 1.54) is 6.20 Å². The highest BCUT2D eigenvalue weighted by Crippen LogP contribution is 2.19. The average molecular weight is 258 g/mol. The van der Waals surface area contributed by atoms with Crippen LogP contribution in [0, 0.1) is 0 Å². The number of aromatic nitrogens is 1. The van der Waals surface area contributed by atoms with Crippen molar-refractivity contribution in [3.8, 4) is 0 Å². The van der Waals surface area contributed by atoms with Gasteiger partial charge in [0.15, 0.2) is 0 Å². The first-order valence-electron chi connectivity index (χ1n) is 4.96. The fraction of sp³-hybridized carbons (Fsp3) is 0.400. The van der Waals surface area contributed by atoms with Crippen LogP contribution in [0.4, 0.5) is 5.82 Å². The molecule has 2 heterocycles. The predicted molar refractivity (Wildman–Crippen MR) is 66.9 cm³/mol. The summed E-state index contributed by atoms with van der Waals surface area (Å²) < 4.78 is 0. The molecule has 86 valence electrons. The number of anilines is 1. The topological polar surface area (TPSA) is 59.2 Å². The first-order chi connectivity index (χ1) is 7.68. The monoisotopic (exact) mass is 257 g/mol. The highest BCUT2D eigenvalue weighted by molar-refractivity contribution is 7.99. The van der Waals surface area contributed by atoms with Crippen molar-refractivity contribution in [3.05, 3.63) is 22.8 Å². The molecule has 0 aliphatic carbocycles. The molecular formula is C10H12ClN3OS. The lowest BCUT2D eigenvalue weighted by atomic mass is 10.2. The van der Waals surface area contributed by atoms with E-state index >= 15 is 0 Å². The summed E-state index contributed by atoms with van der Waals surface area (Å²) in [5, 5.41) is 0.331. The van der Waals surface area contributed by atoms with Gasteiger partial charge in [-0.2, -0.15) is 11.8 Å². The summed E-state index contributed by atoms with van der Waals surface area (Å²) >= 11 is 7.70. The summed E-state index contributed by atoms with van der Waals surface area (Å²) in [6, 6.07) is 1.58. The molecule has 0 spiro atoms. The van der Waals surface area contributed by atoms with Gasteiger partial charge in [0.05, 0.1) is 10.6 Å². The minimum atomic E-state index is -0.0188. The van der Waals surface area contributed by atoms with E-state index in [4.69, 9.17) is 17.3 Å². The van der Waals surface area contributed by atoms with Gasteiger partial charge in [-0.05, 0) is 6.07 Å². The van der Waals surface area contributed by atoms with Crippen molar-refractivity contribution < 1.29 is 4.79 Å². The van der Waals surface area contributed by atoms with Crippen LogP contribution >= 0.6 is 23.4 Å². The van der Waals surface area contributed by atoms with Crippen LogP contribution in [0.3, 0.4) is 0 Å². The zero-order valence-corrected chi connectivity index (χ0v) is 10.2. The molecule has 16 heavy (non-hydrogen) atoms. The van der Waals surface area contributed by atoms with E-state index < -0.39 is 0 Å². The number of rotatable bonds is 1. The zero-order chi connectivity index (χ0) is 11.5. The Morgan fingerprint density at radius 3 is 2.81 bits per heavy atom. The SMILES string of the molecule is Nc1ncc(C(=O)N2CCSCC2)cc1Cl. The number of hydrogen-bond acceptors (Lipinski definition) is 4. The molecule has 0 unspecified atom stereocenters. The molecule has 0 radical (unpaired) electrons. The van der Waals surface area contributed by atoms with Gasteiger partial charge in [0, 0.05) is 30.8 Å². The molecule has 0 atom stereocenters. The quantitative estimate of drug-likeness (QED) is 0.829. The maximum Gasteiger partial charge on any atom is 0.255 e. The first-order valence-corrected chi connectivity index (χ1v) is 6.50. The van der Waals surface area contributed by atoms with Gasteiger partial charge in [-0.15, -0.1) is 0 Å². The van der Waals surface area contributed by atoms with Crippen LogP contribution in [0.5, 0.6) is 0 Å². The lowest BCUT2D eigenvalue weighted by Crippen LogP contribution is -2.37. The van der Waals surface area contributed by atoms with Crippen molar-refractivity contribution >= 4 is 35.1 Å². The molecule has 1 aliphatic rings. The molecule has 6 heteroatoms. The summed E-state index contributed by atoms with van der Waals surface area (Å²) in [4.78, 5) is 17.7. The Morgan fingerprint density at radius 1 is 1.50 bits per heavy atom. The van der Waals surface area contributed by atoms with Crippen LogP contribution in [0.2, 0.25) is 5.02 Å². The van der Waals surface area contributed by atoms with E-state index in [2.05, 4.69) is 4.98 Å². The normalized spacial score (nSPS) is 16.2. The van der Waals surface area contributed by atoms with Gasteiger partial charge in [-0.25, -0.2) is 4.98 Å². The molecule has 1 aromatic heterocycles. The van der Waals surface area contributed by atoms with E-state index in [9.17, 15) is 4.79 Å². The van der Waals surface area contributed by atoms with Crippen LogP contribution in [-0.2, 0) is 0 Å². The second-order valence-corrected chi connectivity index (χ2v) is 5.13. The first kappa shape index (κ1) is 11.5. The molecular weight excluding hydrogens is 246 g/mol. The molecule has 4 nitrogen and oxygen atoms in total. The van der Waals surface area contributed by atoms with Crippen molar-refractivity contribution in [1.82, 2.24) is 9.88 Å². The van der Waals surface area contributed by atoms with E-state index in [0.717, 1.165) is 24.6 Å². The van der Waals surface area contributed by atoms with E-state index in [1.54, 1.807) is 6.07 Å². The Bertz CT molecular complexity index is 407. The zero-order valence-electron chi connectivity index (χ0n) is 8.65. The van der Waals surface area contributed by atoms with Gasteiger partial charge >= 0.3 is 0 Å². The predicted octanol–water partition coefficient (Wildman–Crippen LogP) is 1.51. The summed E-state index contributed by atoms with van der Waals surface area (Å²) in [7, 11) is 0. The number of nitrogen functional groups attached to an aromatic ring is 1. The number of carbonyl (C=O) groups excluding carboxylic acids is 1. The summed E-state index contributed by atoms with van der Waals surface area (Å²) in [5.41, 5.74) is 6.00. The smallest absolute Gasteiger partial charge is 0.255 e. The summed E-state index contributed by atoms with van der Waals surface area (Å²) in [6.07, 6.45) is 1.48. The number of nitrogens with two attached hydrogens (primary N) is 1. The van der Waals surface area contributed by atoms with Crippen LogP contribution < -0.4 is 5.73 Å². The lowest BCUT2D eigenvalue weighted by Gasteiger charge is -2.26. The van der Waals surface area contributed by atoms with Gasteiger partial charge in [0.2, 0.25) is 0 Å². The second-order valence-electron chi connectivity index (χ2n) is 3.50. The number of halogens is 1. The molecule has 0 aromatic carbocycles. The number of nitrogens with zero attached hydrogens (tertiary/aromatic N) is 2. The van der Waals surface area contributed by atoms with Crippen molar-refractivity contribution in [1.29, 1.82) is 0 Å². The maximum atomic E-state index is 12.0. The summed E-state index contributed by atoms with van der Waals surface area (Å²) in [5.74, 6) is 2.21. The molecule has 0 bridgehead atoms. The van der Waals surface area contributed by atoms with Gasteiger partial charge in [0.1, 0.15) is 5.82 Å². The largest absolute Gasteiger partial charge is 0.382 e. The minimum Gasteiger partial charge on any atom is -0.382 e. The highest BCUT2D eigenvalue weighted by Gasteiger charge is 2.19. The number of amides is 1. The third kappa shape index (κ3) is 2.41. The van der Waals surface area contributed by atoms with Crippen LogP contribution in [0.15, 0.2) is 12.3 Å². The van der Waals surface area contributed by atoms with E-state index in [-0.39, 0.29) is 11.7 Å². The Hall–Kier alpha value is -0.940. The number of pyridine rings is 1. The Balaban J connectivity index is 2.16. The summed E-state index contributed by atoms with van der Waals surface area (Å²) in [6.45, 7) is 1.57. The van der Waals surface area contributed by atoms with Gasteiger partial charge < -0.3 is 10.6 Å². The van der Waals surface area contributed by atoms with Crippen molar-refractivity contribution in [2.45, 2.75) is 0 Å². The van der Waals surface area contributed by atoms with Gasteiger partial charge in [-0.3, -0.25) is 4.79 Å². The maximum absolute atomic E-state index is 12.0. The molecule has 2 rings (SSSR count). The Morgan fingerprint density at radius 2 is 2.19 bits per heavy atom. The number of hydrogen-bond donors (Lipinski definition) is 1. The highest BCUT2D eigenvalue weighted by atomic mass is 35.5. The molecule has 0 saturated carbocycles. The van der Waals surface area contributed by atoms with E-state index in [1.807, 2.05) is 16.7 Å². The number of thioether (sulfide) groups is 1. The van der Waals surface area contributed by atoms with Crippen LogP contribution in [-0.4, -0.2) is 40.4 Å². The van der Waals surface area contributed by atoms with Crippen molar-refractivity contribution in [2.75, 3.05) is 30.3 Å². The Labute approximate surface area is 103 Å². The second kappa shape index (κ2) is 4.93. The van der Waals surface area contributed by atoms with Crippen LogP contribution in [0.25, 0.3) is 0 Å². The average Bonchev–Trinajstić information content (AvgIpc) is 2.33. The lowest BCUT2D eigenvalue weighted by molar-refractivity contribution is 0.0772. The minimum absolute atomic E-state index is 0.0188. The molecule has 1 amide bonds. The molecule has 2 N–H and O–H groups in total. The van der Waals surface area contributed by atoms with Crippen molar-refractivity contribution in [2.24, 2.45) is 0 Å². The Kier molecular flexibility index (Phi) is 3.56. The number of carbonyl (C=O) groups is 1. The fourth-order valence-corrected chi connectivity index (χ4v) is 2.58. The molecule has 1 saturated heterocycles. The third-order valence-corrected chi connectivity index (χ3v) is 3.66. The fourth-order valence-electron chi connectivity index (χ4n) is 1.51. The third-order valence-electron chi connectivity index (χ3n) is 2.41. The molecule has 1 aliphatic heterocycles. The molecule has 1 aromatic rings.